The molecule has 0 aromatic heterocycles. The minimum Gasteiger partial charge on any atom is -0.356 e. The summed E-state index contributed by atoms with van der Waals surface area (Å²) in [6, 6.07) is 8.75. The topological polar surface area (TPSA) is 73.8 Å². The van der Waals surface area contributed by atoms with Crippen LogP contribution >= 0.6 is 0 Å². The summed E-state index contributed by atoms with van der Waals surface area (Å²) in [4.78, 5) is 4.29. The summed E-state index contributed by atoms with van der Waals surface area (Å²) in [6.07, 6.45) is 4.12. The van der Waals surface area contributed by atoms with Crippen LogP contribution in [0.5, 0.6) is 0 Å². The van der Waals surface area contributed by atoms with Gasteiger partial charge in [-0.3, -0.25) is 4.99 Å². The molecular weight excluding hydrogens is 360 g/mol. The third kappa shape index (κ3) is 5.94. The predicted molar refractivity (Wildman–Crippen MR) is 113 cm³/mol. The first-order chi connectivity index (χ1) is 12.7. The maximum Gasteiger partial charge on any atom is 0.211 e. The number of guanidine groups is 1. The minimum atomic E-state index is -3.15. The van der Waals surface area contributed by atoms with E-state index in [9.17, 15) is 8.42 Å². The van der Waals surface area contributed by atoms with E-state index in [4.69, 9.17) is 0 Å². The molecule has 1 saturated heterocycles. The molecule has 0 saturated carbocycles. The van der Waals surface area contributed by atoms with Crippen molar-refractivity contribution in [3.05, 3.63) is 35.4 Å². The lowest BCUT2D eigenvalue weighted by atomic mass is 9.84. The monoisotopic (exact) mass is 394 g/mol. The molecule has 1 aliphatic heterocycles. The van der Waals surface area contributed by atoms with Crippen LogP contribution in [0.1, 0.15) is 44.7 Å². The van der Waals surface area contributed by atoms with Gasteiger partial charge in [0.15, 0.2) is 5.96 Å². The SMILES string of the molecule is CCc1ccc(C(C)(C)CNC(=NC)NC[C@H]2CCCN2S(C)(=O)=O)cc1. The van der Waals surface area contributed by atoms with E-state index in [1.807, 2.05) is 0 Å². The van der Waals surface area contributed by atoms with Crippen molar-refractivity contribution < 1.29 is 8.42 Å². The minimum absolute atomic E-state index is 0.00634. The largest absolute Gasteiger partial charge is 0.356 e. The van der Waals surface area contributed by atoms with Gasteiger partial charge in [-0.15, -0.1) is 0 Å². The van der Waals surface area contributed by atoms with Crippen molar-refractivity contribution >= 4 is 16.0 Å². The van der Waals surface area contributed by atoms with Gasteiger partial charge in [0, 0.05) is 38.1 Å². The molecule has 2 N–H and O–H groups in total. The van der Waals surface area contributed by atoms with Gasteiger partial charge in [-0.05, 0) is 30.4 Å². The molecule has 0 bridgehead atoms. The van der Waals surface area contributed by atoms with E-state index in [0.29, 0.717) is 19.0 Å². The highest BCUT2D eigenvalue weighted by molar-refractivity contribution is 7.88. The van der Waals surface area contributed by atoms with E-state index in [-0.39, 0.29) is 11.5 Å². The Balaban J connectivity index is 1.91. The molecule has 0 unspecified atom stereocenters. The van der Waals surface area contributed by atoms with E-state index in [2.05, 4.69) is 60.7 Å². The number of sulfonamides is 1. The van der Waals surface area contributed by atoms with Crippen LogP contribution in [-0.2, 0) is 21.9 Å². The quantitative estimate of drug-likeness (QED) is 0.549. The molecular formula is C20H34N4O2S. The molecule has 6 nitrogen and oxygen atoms in total. The van der Waals surface area contributed by atoms with Crippen molar-refractivity contribution in [3.8, 4) is 0 Å². The normalized spacial score (nSPS) is 19.3. The Hall–Kier alpha value is -1.60. The molecule has 1 heterocycles. The highest BCUT2D eigenvalue weighted by Crippen LogP contribution is 2.23. The Morgan fingerprint density at radius 2 is 1.93 bits per heavy atom. The summed E-state index contributed by atoms with van der Waals surface area (Å²) in [6.45, 7) is 8.48. The van der Waals surface area contributed by atoms with Crippen molar-refractivity contribution in [3.63, 3.8) is 0 Å². The lowest BCUT2D eigenvalue weighted by Crippen LogP contribution is -2.48. The summed E-state index contributed by atoms with van der Waals surface area (Å²) >= 11 is 0. The molecule has 27 heavy (non-hydrogen) atoms. The molecule has 0 radical (unpaired) electrons. The molecule has 1 aromatic rings. The first-order valence-corrected chi connectivity index (χ1v) is 11.5. The third-order valence-corrected chi connectivity index (χ3v) is 6.65. The van der Waals surface area contributed by atoms with Crippen molar-refractivity contribution in [1.82, 2.24) is 14.9 Å². The third-order valence-electron chi connectivity index (χ3n) is 5.32. The average molecular weight is 395 g/mol. The number of aliphatic imine (C=N–C) groups is 1. The zero-order valence-electron chi connectivity index (χ0n) is 17.2. The summed E-state index contributed by atoms with van der Waals surface area (Å²) in [5.41, 5.74) is 2.57. The van der Waals surface area contributed by atoms with Crippen LogP contribution in [0.2, 0.25) is 0 Å². The summed E-state index contributed by atoms with van der Waals surface area (Å²) in [5.74, 6) is 0.702. The number of hydrogen-bond acceptors (Lipinski definition) is 3. The van der Waals surface area contributed by atoms with Gasteiger partial charge in [0.25, 0.3) is 0 Å². The number of hydrogen-bond donors (Lipinski definition) is 2. The van der Waals surface area contributed by atoms with Gasteiger partial charge in [0.2, 0.25) is 10.0 Å². The standard InChI is InChI=1S/C20H34N4O2S/c1-6-16-9-11-17(12-10-16)20(2,3)15-23-19(21-4)22-14-18-8-7-13-24(18)27(5,25)26/h9-12,18H,6-8,13-15H2,1-5H3,(H2,21,22,23)/t18-/m1/s1. The number of nitrogens with one attached hydrogen (secondary N) is 2. The summed E-state index contributed by atoms with van der Waals surface area (Å²) in [7, 11) is -1.41. The molecule has 0 aliphatic carbocycles. The number of aryl methyl sites for hydroxylation is 1. The average Bonchev–Trinajstić information content (AvgIpc) is 3.11. The lowest BCUT2D eigenvalue weighted by molar-refractivity contribution is 0.386. The Bertz CT molecular complexity index is 742. The number of nitrogens with zero attached hydrogens (tertiary/aromatic N) is 2. The second-order valence-electron chi connectivity index (χ2n) is 7.91. The second kappa shape index (κ2) is 9.06. The zero-order valence-corrected chi connectivity index (χ0v) is 18.1. The van der Waals surface area contributed by atoms with Gasteiger partial charge >= 0.3 is 0 Å². The van der Waals surface area contributed by atoms with E-state index in [1.54, 1.807) is 11.4 Å². The van der Waals surface area contributed by atoms with E-state index >= 15 is 0 Å². The van der Waals surface area contributed by atoms with Gasteiger partial charge < -0.3 is 10.6 Å². The Morgan fingerprint density at radius 1 is 1.26 bits per heavy atom. The molecule has 2 rings (SSSR count). The van der Waals surface area contributed by atoms with Crippen LogP contribution in [0, 0.1) is 0 Å². The van der Waals surface area contributed by atoms with Gasteiger partial charge in [-0.25, -0.2) is 8.42 Å². The van der Waals surface area contributed by atoms with E-state index in [0.717, 1.165) is 25.8 Å². The molecule has 152 valence electrons. The summed E-state index contributed by atoms with van der Waals surface area (Å²) in [5, 5.41) is 6.67. The summed E-state index contributed by atoms with van der Waals surface area (Å²) < 4.78 is 25.3. The molecule has 1 aliphatic rings. The molecule has 0 amide bonds. The molecule has 7 heteroatoms. The number of benzene rings is 1. The Labute approximate surface area is 164 Å². The van der Waals surface area contributed by atoms with Gasteiger partial charge in [-0.1, -0.05) is 45.0 Å². The Morgan fingerprint density at radius 3 is 2.48 bits per heavy atom. The Kier molecular flexibility index (Phi) is 7.28. The molecule has 0 spiro atoms. The van der Waals surface area contributed by atoms with Crippen LogP contribution in [-0.4, -0.2) is 57.7 Å². The van der Waals surface area contributed by atoms with Gasteiger partial charge in [-0.2, -0.15) is 4.31 Å². The number of rotatable bonds is 7. The maximum absolute atomic E-state index is 11.9. The fraction of sp³-hybridized carbons (Fsp3) is 0.650. The molecule has 1 atom stereocenters. The van der Waals surface area contributed by atoms with Crippen molar-refractivity contribution in [1.29, 1.82) is 0 Å². The van der Waals surface area contributed by atoms with Gasteiger partial charge in [0.1, 0.15) is 0 Å². The molecule has 1 aromatic carbocycles. The molecule has 1 fully saturated rings. The first kappa shape index (κ1) is 21.7. The maximum atomic E-state index is 11.9. The van der Waals surface area contributed by atoms with Crippen LogP contribution in [0.3, 0.4) is 0 Å². The smallest absolute Gasteiger partial charge is 0.211 e. The van der Waals surface area contributed by atoms with Crippen molar-refractivity contribution in [2.24, 2.45) is 4.99 Å². The van der Waals surface area contributed by atoms with Crippen LogP contribution in [0.25, 0.3) is 0 Å². The predicted octanol–water partition coefficient (Wildman–Crippen LogP) is 2.12. The lowest BCUT2D eigenvalue weighted by Gasteiger charge is -2.28. The fourth-order valence-corrected chi connectivity index (χ4v) is 4.67. The van der Waals surface area contributed by atoms with Gasteiger partial charge in [0.05, 0.1) is 6.26 Å². The fourth-order valence-electron chi connectivity index (χ4n) is 3.48. The van der Waals surface area contributed by atoms with Crippen molar-refractivity contribution in [2.45, 2.75) is 51.5 Å². The highest BCUT2D eigenvalue weighted by Gasteiger charge is 2.31. The van der Waals surface area contributed by atoms with E-state index in [1.165, 1.54) is 17.4 Å². The van der Waals surface area contributed by atoms with Crippen LogP contribution < -0.4 is 10.6 Å². The van der Waals surface area contributed by atoms with Crippen LogP contribution in [0.15, 0.2) is 29.3 Å². The highest BCUT2D eigenvalue weighted by atomic mass is 32.2. The van der Waals surface area contributed by atoms with E-state index < -0.39 is 10.0 Å². The second-order valence-corrected chi connectivity index (χ2v) is 9.85. The van der Waals surface area contributed by atoms with Crippen molar-refractivity contribution in [2.75, 3.05) is 32.9 Å². The zero-order chi connectivity index (χ0) is 20.1. The first-order valence-electron chi connectivity index (χ1n) is 9.68. The van der Waals surface area contributed by atoms with Crippen LogP contribution in [0.4, 0.5) is 0 Å².